The molecule has 0 saturated carbocycles. The number of amides is 1. The second-order valence-corrected chi connectivity index (χ2v) is 7.32. The van der Waals surface area contributed by atoms with Crippen LogP contribution in [-0.2, 0) is 19.3 Å². The molecule has 26 heavy (non-hydrogen) atoms. The first-order valence-electron chi connectivity index (χ1n) is 8.47. The molecule has 1 aliphatic rings. The van der Waals surface area contributed by atoms with Gasteiger partial charge in [0.05, 0.1) is 12.5 Å². The van der Waals surface area contributed by atoms with Crippen LogP contribution in [0.5, 0.6) is 0 Å². The van der Waals surface area contributed by atoms with Crippen LogP contribution < -0.4 is 10.9 Å². The van der Waals surface area contributed by atoms with Crippen molar-refractivity contribution in [3.8, 4) is 6.07 Å². The fraction of sp³-hybridized carbons (Fsp3) is 0.263. The highest BCUT2D eigenvalue weighted by Gasteiger charge is 2.21. The van der Waals surface area contributed by atoms with Crippen LogP contribution >= 0.6 is 11.3 Å². The smallest absolute Gasteiger partial charge is 0.271 e. The minimum absolute atomic E-state index is 0.0368. The minimum atomic E-state index is -0.472. The summed E-state index contributed by atoms with van der Waals surface area (Å²) in [5.41, 5.74) is 2.18. The van der Waals surface area contributed by atoms with Gasteiger partial charge in [-0.3, -0.25) is 14.0 Å². The van der Waals surface area contributed by atoms with E-state index in [0.29, 0.717) is 17.1 Å². The molecule has 7 heteroatoms. The second-order valence-electron chi connectivity index (χ2n) is 6.26. The lowest BCUT2D eigenvalue weighted by atomic mass is 10.0. The highest BCUT2D eigenvalue weighted by Crippen LogP contribution is 2.28. The molecule has 0 spiro atoms. The maximum Gasteiger partial charge on any atom is 0.271 e. The number of rotatable bonds is 3. The molecule has 1 aliphatic carbocycles. The number of benzene rings is 1. The standard InChI is InChI=1S/C19H16N4O2S/c20-10-9-12-5-7-13(8-6-12)22-17(24)14-11-21-19-23(18(14)25)15-3-1-2-4-16(15)26-19/h5-8,11H,1-4,9H2,(H,22,24). The summed E-state index contributed by atoms with van der Waals surface area (Å²) in [6.45, 7) is 0. The molecule has 0 aliphatic heterocycles. The van der Waals surface area contributed by atoms with E-state index in [-0.39, 0.29) is 11.1 Å². The van der Waals surface area contributed by atoms with Crippen molar-refractivity contribution in [2.45, 2.75) is 32.1 Å². The van der Waals surface area contributed by atoms with Crippen molar-refractivity contribution in [1.82, 2.24) is 9.38 Å². The fourth-order valence-electron chi connectivity index (χ4n) is 3.22. The summed E-state index contributed by atoms with van der Waals surface area (Å²) in [7, 11) is 0. The summed E-state index contributed by atoms with van der Waals surface area (Å²) in [4.78, 5) is 31.6. The van der Waals surface area contributed by atoms with Crippen LogP contribution in [0.15, 0.2) is 35.3 Å². The molecule has 4 rings (SSSR count). The van der Waals surface area contributed by atoms with Gasteiger partial charge in [-0.2, -0.15) is 5.26 Å². The van der Waals surface area contributed by atoms with E-state index < -0.39 is 5.91 Å². The van der Waals surface area contributed by atoms with E-state index in [9.17, 15) is 9.59 Å². The maximum atomic E-state index is 12.9. The normalized spacial score (nSPS) is 13.2. The van der Waals surface area contributed by atoms with Crippen molar-refractivity contribution < 1.29 is 4.79 Å². The Morgan fingerprint density at radius 3 is 2.81 bits per heavy atom. The molecule has 6 nitrogen and oxygen atoms in total. The second kappa shape index (κ2) is 6.73. The molecule has 0 bridgehead atoms. The van der Waals surface area contributed by atoms with Gasteiger partial charge in [-0.1, -0.05) is 12.1 Å². The lowest BCUT2D eigenvalue weighted by molar-refractivity contribution is 0.102. The Kier molecular flexibility index (Phi) is 4.27. The van der Waals surface area contributed by atoms with Crippen LogP contribution in [0.1, 0.15) is 39.3 Å². The third-order valence-corrected chi connectivity index (χ3v) is 5.70. The van der Waals surface area contributed by atoms with Crippen molar-refractivity contribution >= 4 is 27.9 Å². The summed E-state index contributed by atoms with van der Waals surface area (Å²) in [6, 6.07) is 9.08. The van der Waals surface area contributed by atoms with Gasteiger partial charge < -0.3 is 5.32 Å². The predicted octanol–water partition coefficient (Wildman–Crippen LogP) is 2.95. The van der Waals surface area contributed by atoms with E-state index in [1.54, 1.807) is 28.7 Å². The number of nitrogens with zero attached hydrogens (tertiary/aromatic N) is 3. The molecule has 0 radical (unpaired) electrons. The molecular formula is C19H16N4O2S. The Balaban J connectivity index is 1.65. The molecule has 3 aromatic rings. The molecule has 2 heterocycles. The van der Waals surface area contributed by atoms with E-state index in [1.807, 2.05) is 0 Å². The van der Waals surface area contributed by atoms with Gasteiger partial charge in [0.1, 0.15) is 5.56 Å². The van der Waals surface area contributed by atoms with Crippen molar-refractivity contribution in [3.05, 3.63) is 62.5 Å². The number of aromatic nitrogens is 2. The van der Waals surface area contributed by atoms with Gasteiger partial charge in [0.2, 0.25) is 0 Å². The van der Waals surface area contributed by atoms with Crippen LogP contribution in [0.2, 0.25) is 0 Å². The number of hydrogen-bond donors (Lipinski definition) is 1. The van der Waals surface area contributed by atoms with E-state index >= 15 is 0 Å². The van der Waals surface area contributed by atoms with Gasteiger partial charge in [-0.05, 0) is 43.4 Å². The Hall–Kier alpha value is -2.98. The van der Waals surface area contributed by atoms with Crippen LogP contribution in [0.3, 0.4) is 0 Å². The van der Waals surface area contributed by atoms with Crippen molar-refractivity contribution in [3.63, 3.8) is 0 Å². The van der Waals surface area contributed by atoms with Gasteiger partial charge in [-0.25, -0.2) is 4.98 Å². The number of fused-ring (bicyclic) bond motifs is 3. The van der Waals surface area contributed by atoms with Gasteiger partial charge in [0.25, 0.3) is 11.5 Å². The first-order valence-corrected chi connectivity index (χ1v) is 9.28. The van der Waals surface area contributed by atoms with Gasteiger partial charge in [0.15, 0.2) is 4.96 Å². The zero-order valence-corrected chi connectivity index (χ0v) is 14.8. The first kappa shape index (κ1) is 16.5. The van der Waals surface area contributed by atoms with Gasteiger partial charge >= 0.3 is 0 Å². The van der Waals surface area contributed by atoms with Crippen LogP contribution in [0.4, 0.5) is 5.69 Å². The fourth-order valence-corrected chi connectivity index (χ4v) is 4.39. The monoisotopic (exact) mass is 364 g/mol. The molecule has 0 atom stereocenters. The average molecular weight is 364 g/mol. The summed E-state index contributed by atoms with van der Waals surface area (Å²) >= 11 is 1.54. The number of carbonyl (C=O) groups is 1. The zero-order chi connectivity index (χ0) is 18.1. The number of nitrogens with one attached hydrogen (secondary N) is 1. The number of carbonyl (C=O) groups excluding carboxylic acids is 1. The number of aryl methyl sites for hydroxylation is 2. The van der Waals surface area contributed by atoms with Crippen LogP contribution in [0, 0.1) is 11.3 Å². The van der Waals surface area contributed by atoms with E-state index in [4.69, 9.17) is 5.26 Å². The molecule has 0 fully saturated rings. The Morgan fingerprint density at radius 1 is 1.27 bits per heavy atom. The highest BCUT2D eigenvalue weighted by atomic mass is 32.1. The molecule has 130 valence electrons. The lowest BCUT2D eigenvalue weighted by Gasteiger charge is -2.10. The topological polar surface area (TPSA) is 87.3 Å². The largest absolute Gasteiger partial charge is 0.322 e. The summed E-state index contributed by atoms with van der Waals surface area (Å²) in [5.74, 6) is -0.472. The van der Waals surface area contributed by atoms with E-state index in [2.05, 4.69) is 16.4 Å². The molecule has 2 aromatic heterocycles. The first-order chi connectivity index (χ1) is 12.7. The number of hydrogen-bond acceptors (Lipinski definition) is 5. The summed E-state index contributed by atoms with van der Waals surface area (Å²) in [6.07, 6.45) is 5.68. The summed E-state index contributed by atoms with van der Waals surface area (Å²) < 4.78 is 1.60. The lowest BCUT2D eigenvalue weighted by Crippen LogP contribution is -2.27. The molecule has 1 aromatic carbocycles. The Labute approximate surface area is 153 Å². The van der Waals surface area contributed by atoms with E-state index in [1.165, 1.54) is 22.4 Å². The Bertz CT molecular complexity index is 1090. The SMILES string of the molecule is N#CCc1ccc(NC(=O)c2cnc3sc4c(n3c2=O)CCCC4)cc1. The van der Waals surface area contributed by atoms with Crippen molar-refractivity contribution in [2.24, 2.45) is 0 Å². The van der Waals surface area contributed by atoms with Gasteiger partial charge in [0, 0.05) is 22.5 Å². The third-order valence-electron chi connectivity index (χ3n) is 4.54. The molecule has 0 saturated heterocycles. The maximum absolute atomic E-state index is 12.9. The average Bonchev–Trinajstić information content (AvgIpc) is 3.03. The predicted molar refractivity (Wildman–Crippen MR) is 99.7 cm³/mol. The number of thiazole rings is 1. The quantitative estimate of drug-likeness (QED) is 0.774. The zero-order valence-electron chi connectivity index (χ0n) is 14.0. The van der Waals surface area contributed by atoms with Gasteiger partial charge in [-0.15, -0.1) is 11.3 Å². The molecular weight excluding hydrogens is 348 g/mol. The van der Waals surface area contributed by atoms with Crippen LogP contribution in [0.25, 0.3) is 4.96 Å². The third kappa shape index (κ3) is 2.89. The molecule has 1 amide bonds. The summed E-state index contributed by atoms with van der Waals surface area (Å²) in [5, 5.41) is 11.4. The highest BCUT2D eigenvalue weighted by molar-refractivity contribution is 7.17. The molecule has 0 unspecified atom stereocenters. The Morgan fingerprint density at radius 2 is 2.04 bits per heavy atom. The minimum Gasteiger partial charge on any atom is -0.322 e. The number of anilines is 1. The molecule has 1 N–H and O–H groups in total. The number of nitriles is 1. The van der Waals surface area contributed by atoms with Crippen molar-refractivity contribution in [2.75, 3.05) is 5.32 Å². The van der Waals surface area contributed by atoms with Crippen LogP contribution in [-0.4, -0.2) is 15.3 Å². The van der Waals surface area contributed by atoms with E-state index in [0.717, 1.165) is 36.9 Å². The van der Waals surface area contributed by atoms with Crippen molar-refractivity contribution in [1.29, 1.82) is 5.26 Å².